The van der Waals surface area contributed by atoms with Crippen LogP contribution in [0.3, 0.4) is 0 Å². The minimum Gasteiger partial charge on any atom is -0.215 e. The van der Waals surface area contributed by atoms with E-state index in [2.05, 4.69) is 23.2 Å². The van der Waals surface area contributed by atoms with Crippen LogP contribution >= 0.6 is 23.2 Å². The third kappa shape index (κ3) is 2.91. The molecular weight excluding hydrogens is 281 g/mol. The molecule has 19 heavy (non-hydrogen) atoms. The molecule has 5 heteroatoms. The first kappa shape index (κ1) is 13.9. The van der Waals surface area contributed by atoms with Crippen molar-refractivity contribution in [2.24, 2.45) is 0 Å². The van der Waals surface area contributed by atoms with E-state index in [0.717, 1.165) is 25.0 Å². The minimum atomic E-state index is 0.476. The van der Waals surface area contributed by atoms with E-state index in [1.165, 1.54) is 0 Å². The van der Waals surface area contributed by atoms with Crippen LogP contribution in [0, 0.1) is 12.3 Å². The van der Waals surface area contributed by atoms with E-state index in [4.69, 9.17) is 29.6 Å². The molecule has 1 aromatic carbocycles. The van der Waals surface area contributed by atoms with E-state index >= 15 is 0 Å². The fourth-order valence-electron chi connectivity index (χ4n) is 1.82. The van der Waals surface area contributed by atoms with Crippen molar-refractivity contribution in [2.45, 2.75) is 26.2 Å². The van der Waals surface area contributed by atoms with Gasteiger partial charge in [-0.1, -0.05) is 47.7 Å². The lowest BCUT2D eigenvalue weighted by Crippen LogP contribution is -2.04. The lowest BCUT2D eigenvalue weighted by Gasteiger charge is -2.10. The standard InChI is InChI=1S/C14H13Cl2N3/c1-3-5-6-11-9-17-18-19(11)14-12(15)7-10(4-2)8-13(14)16/h2,7-9H,3,5-6H2,1H3. The lowest BCUT2D eigenvalue weighted by atomic mass is 10.2. The van der Waals surface area contributed by atoms with Crippen molar-refractivity contribution in [1.82, 2.24) is 15.0 Å². The Balaban J connectivity index is 2.48. The molecule has 0 amide bonds. The summed E-state index contributed by atoms with van der Waals surface area (Å²) in [6, 6.07) is 3.40. The normalized spacial score (nSPS) is 10.4. The summed E-state index contributed by atoms with van der Waals surface area (Å²) in [6.45, 7) is 2.13. The van der Waals surface area contributed by atoms with Crippen LogP contribution in [0.4, 0.5) is 0 Å². The summed E-state index contributed by atoms with van der Waals surface area (Å²) in [4.78, 5) is 0. The smallest absolute Gasteiger partial charge is 0.104 e. The van der Waals surface area contributed by atoms with Gasteiger partial charge in [-0.2, -0.15) is 0 Å². The van der Waals surface area contributed by atoms with Gasteiger partial charge in [-0.3, -0.25) is 0 Å². The zero-order valence-corrected chi connectivity index (χ0v) is 12.0. The van der Waals surface area contributed by atoms with Gasteiger partial charge >= 0.3 is 0 Å². The van der Waals surface area contributed by atoms with Crippen LogP contribution in [-0.2, 0) is 6.42 Å². The summed E-state index contributed by atoms with van der Waals surface area (Å²) in [5, 5.41) is 8.95. The van der Waals surface area contributed by atoms with Crippen LogP contribution in [0.1, 0.15) is 31.0 Å². The Morgan fingerprint density at radius 3 is 2.58 bits per heavy atom. The van der Waals surface area contributed by atoms with Crippen molar-refractivity contribution < 1.29 is 0 Å². The van der Waals surface area contributed by atoms with Gasteiger partial charge in [0, 0.05) is 5.56 Å². The molecule has 1 aromatic heterocycles. The quantitative estimate of drug-likeness (QED) is 0.801. The molecule has 2 aromatic rings. The SMILES string of the molecule is C#Cc1cc(Cl)c(-n2nncc2CCCC)c(Cl)c1. The summed E-state index contributed by atoms with van der Waals surface area (Å²) in [5.74, 6) is 2.52. The Morgan fingerprint density at radius 2 is 2.00 bits per heavy atom. The number of aromatic nitrogens is 3. The van der Waals surface area contributed by atoms with Crippen molar-refractivity contribution in [3.8, 4) is 18.0 Å². The maximum Gasteiger partial charge on any atom is 0.104 e. The molecule has 2 rings (SSSR count). The van der Waals surface area contributed by atoms with Gasteiger partial charge in [0.05, 0.1) is 21.9 Å². The fourth-order valence-corrected chi connectivity index (χ4v) is 2.47. The molecule has 0 bridgehead atoms. The fraction of sp³-hybridized carbons (Fsp3) is 0.286. The van der Waals surface area contributed by atoms with Gasteiger partial charge < -0.3 is 0 Å². The van der Waals surface area contributed by atoms with Crippen molar-refractivity contribution in [2.75, 3.05) is 0 Å². The summed E-state index contributed by atoms with van der Waals surface area (Å²) in [5.41, 5.74) is 2.26. The second-order valence-corrected chi connectivity index (χ2v) is 4.99. The molecule has 0 saturated heterocycles. The van der Waals surface area contributed by atoms with Crippen LogP contribution in [0.5, 0.6) is 0 Å². The number of aryl methyl sites for hydroxylation is 1. The lowest BCUT2D eigenvalue weighted by molar-refractivity contribution is 0.715. The van der Waals surface area contributed by atoms with Crippen molar-refractivity contribution in [3.63, 3.8) is 0 Å². The molecule has 0 aliphatic carbocycles. The molecule has 1 heterocycles. The van der Waals surface area contributed by atoms with Crippen LogP contribution in [0.25, 0.3) is 5.69 Å². The monoisotopic (exact) mass is 293 g/mol. The third-order valence-electron chi connectivity index (χ3n) is 2.80. The highest BCUT2D eigenvalue weighted by Gasteiger charge is 2.14. The van der Waals surface area contributed by atoms with Crippen LogP contribution in [-0.4, -0.2) is 15.0 Å². The molecule has 98 valence electrons. The Bertz CT molecular complexity index is 603. The van der Waals surface area contributed by atoms with Gasteiger partial charge in [0.15, 0.2) is 0 Å². The predicted octanol–water partition coefficient (Wildman–Crippen LogP) is 3.90. The Labute approximate surface area is 122 Å². The highest BCUT2D eigenvalue weighted by Crippen LogP contribution is 2.30. The summed E-state index contributed by atoms with van der Waals surface area (Å²) < 4.78 is 1.68. The third-order valence-corrected chi connectivity index (χ3v) is 3.38. The molecule has 0 radical (unpaired) electrons. The van der Waals surface area contributed by atoms with Gasteiger partial charge in [-0.05, 0) is 25.0 Å². The molecule has 0 aliphatic heterocycles. The Kier molecular flexibility index (Phi) is 4.47. The first-order valence-electron chi connectivity index (χ1n) is 6.03. The highest BCUT2D eigenvalue weighted by atomic mass is 35.5. The van der Waals surface area contributed by atoms with Gasteiger partial charge in [-0.25, -0.2) is 4.68 Å². The van der Waals surface area contributed by atoms with E-state index in [0.29, 0.717) is 21.3 Å². The topological polar surface area (TPSA) is 30.7 Å². The van der Waals surface area contributed by atoms with Gasteiger partial charge in [0.25, 0.3) is 0 Å². The van der Waals surface area contributed by atoms with Gasteiger partial charge in [0.2, 0.25) is 0 Å². The molecule has 3 nitrogen and oxygen atoms in total. The van der Waals surface area contributed by atoms with E-state index in [1.807, 2.05) is 0 Å². The van der Waals surface area contributed by atoms with Gasteiger partial charge in [-0.15, -0.1) is 11.5 Å². The van der Waals surface area contributed by atoms with Crippen LogP contribution in [0.15, 0.2) is 18.3 Å². The average molecular weight is 294 g/mol. The van der Waals surface area contributed by atoms with Crippen LogP contribution < -0.4 is 0 Å². The summed E-state index contributed by atoms with van der Waals surface area (Å²) in [7, 11) is 0. The number of unbranched alkanes of at least 4 members (excludes halogenated alkanes) is 1. The number of rotatable bonds is 4. The van der Waals surface area contributed by atoms with Crippen molar-refractivity contribution in [1.29, 1.82) is 0 Å². The number of hydrogen-bond acceptors (Lipinski definition) is 2. The molecule has 0 spiro atoms. The van der Waals surface area contributed by atoms with Crippen LogP contribution in [0.2, 0.25) is 10.0 Å². The van der Waals surface area contributed by atoms with E-state index in [-0.39, 0.29) is 0 Å². The first-order valence-corrected chi connectivity index (χ1v) is 6.78. The molecular formula is C14H13Cl2N3. The Hall–Kier alpha value is -1.50. The maximum absolute atomic E-state index is 6.24. The number of benzene rings is 1. The molecule has 0 atom stereocenters. The molecule has 0 unspecified atom stereocenters. The zero-order valence-electron chi connectivity index (χ0n) is 10.5. The second-order valence-electron chi connectivity index (χ2n) is 4.17. The largest absolute Gasteiger partial charge is 0.215 e. The molecule has 0 saturated carbocycles. The zero-order chi connectivity index (χ0) is 13.8. The molecule has 0 fully saturated rings. The molecule has 0 N–H and O–H groups in total. The number of terminal acetylenes is 1. The van der Waals surface area contributed by atoms with E-state index in [9.17, 15) is 0 Å². The van der Waals surface area contributed by atoms with E-state index < -0.39 is 0 Å². The summed E-state index contributed by atoms with van der Waals surface area (Å²) in [6.07, 6.45) is 10.1. The Morgan fingerprint density at radius 1 is 1.32 bits per heavy atom. The van der Waals surface area contributed by atoms with E-state index in [1.54, 1.807) is 23.0 Å². The second kappa shape index (κ2) is 6.10. The average Bonchev–Trinajstić information content (AvgIpc) is 2.83. The predicted molar refractivity (Wildman–Crippen MR) is 77.9 cm³/mol. The maximum atomic E-state index is 6.24. The van der Waals surface area contributed by atoms with Crippen molar-refractivity contribution in [3.05, 3.63) is 39.6 Å². The highest BCUT2D eigenvalue weighted by molar-refractivity contribution is 6.37. The number of hydrogen-bond donors (Lipinski definition) is 0. The number of halogens is 2. The number of nitrogens with zero attached hydrogens (tertiary/aromatic N) is 3. The summed E-state index contributed by atoms with van der Waals surface area (Å²) >= 11 is 12.5. The van der Waals surface area contributed by atoms with Gasteiger partial charge in [0.1, 0.15) is 5.69 Å². The minimum absolute atomic E-state index is 0.476. The van der Waals surface area contributed by atoms with Crippen molar-refractivity contribution >= 4 is 23.2 Å². The molecule has 0 aliphatic rings. The first-order chi connectivity index (χ1) is 9.17.